The van der Waals surface area contributed by atoms with Gasteiger partial charge in [0.2, 0.25) is 11.8 Å². The van der Waals surface area contributed by atoms with E-state index in [0.717, 1.165) is 16.0 Å². The van der Waals surface area contributed by atoms with E-state index < -0.39 is 30.3 Å². The number of esters is 1. The molecule has 1 aliphatic carbocycles. The normalized spacial score (nSPS) is 24.1. The van der Waals surface area contributed by atoms with Crippen molar-refractivity contribution in [2.24, 2.45) is 11.8 Å². The van der Waals surface area contributed by atoms with Crippen LogP contribution in [0.5, 0.6) is 0 Å². The molecule has 4 atom stereocenters. The van der Waals surface area contributed by atoms with Crippen molar-refractivity contribution in [2.45, 2.75) is 37.4 Å². The number of anilines is 2. The van der Waals surface area contributed by atoms with Crippen LogP contribution in [0.2, 0.25) is 0 Å². The predicted octanol–water partition coefficient (Wildman–Crippen LogP) is 4.21. The molecular weight excluding hydrogens is 479 g/mol. The third-order valence-electron chi connectivity index (χ3n) is 6.24. The van der Waals surface area contributed by atoms with Gasteiger partial charge in [-0.25, -0.2) is 4.79 Å². The van der Waals surface area contributed by atoms with Crippen LogP contribution in [0, 0.1) is 25.7 Å². The summed E-state index contributed by atoms with van der Waals surface area (Å²) in [5.74, 6) is -2.94. The van der Waals surface area contributed by atoms with Crippen molar-refractivity contribution >= 4 is 58.3 Å². The van der Waals surface area contributed by atoms with Gasteiger partial charge in [-0.1, -0.05) is 23.8 Å². The number of nitrogens with one attached hydrogen (secondary N) is 1. The van der Waals surface area contributed by atoms with E-state index in [1.807, 2.05) is 26.0 Å². The molecule has 178 valence electrons. The number of ether oxygens (including phenoxy) is 1. The molecule has 1 saturated heterocycles. The van der Waals surface area contributed by atoms with E-state index in [9.17, 15) is 19.2 Å². The highest BCUT2D eigenvalue weighted by Gasteiger charge is 2.52. The van der Waals surface area contributed by atoms with Crippen LogP contribution in [0.25, 0.3) is 0 Å². The molecule has 3 amide bonds. The summed E-state index contributed by atoms with van der Waals surface area (Å²) in [5, 5.41) is 1.95. The van der Waals surface area contributed by atoms with E-state index in [4.69, 9.17) is 27.9 Å². The fourth-order valence-corrected chi connectivity index (χ4v) is 5.07. The number of alkyl halides is 2. The minimum absolute atomic E-state index is 0.123. The fraction of sp³-hybridized carbons (Fsp3) is 0.360. The van der Waals surface area contributed by atoms with Gasteiger partial charge in [0.25, 0.3) is 5.91 Å². The first-order valence-corrected chi connectivity index (χ1v) is 11.8. The van der Waals surface area contributed by atoms with Crippen molar-refractivity contribution in [3.63, 3.8) is 0 Å². The largest absolute Gasteiger partial charge is 0.452 e. The number of aryl methyl sites for hydroxylation is 2. The third-order valence-corrected chi connectivity index (χ3v) is 7.34. The maximum atomic E-state index is 13.0. The van der Waals surface area contributed by atoms with Gasteiger partial charge >= 0.3 is 5.97 Å². The molecule has 1 N–H and O–H groups in total. The lowest BCUT2D eigenvalue weighted by Crippen LogP contribution is -2.34. The minimum atomic E-state index is -0.740. The van der Waals surface area contributed by atoms with E-state index in [-0.39, 0.29) is 33.8 Å². The Morgan fingerprint density at radius 2 is 1.65 bits per heavy atom. The molecule has 0 unspecified atom stereocenters. The van der Waals surface area contributed by atoms with Crippen LogP contribution < -0.4 is 10.2 Å². The summed E-state index contributed by atoms with van der Waals surface area (Å²) in [6.07, 6.45) is 0.664. The van der Waals surface area contributed by atoms with Crippen molar-refractivity contribution < 1.29 is 23.9 Å². The van der Waals surface area contributed by atoms with Gasteiger partial charge < -0.3 is 10.1 Å². The molecule has 0 radical (unpaired) electrons. The summed E-state index contributed by atoms with van der Waals surface area (Å²) in [7, 11) is 0. The van der Waals surface area contributed by atoms with E-state index in [2.05, 4.69) is 5.32 Å². The second kappa shape index (κ2) is 9.76. The number of carbonyl (C=O) groups is 4. The van der Waals surface area contributed by atoms with Gasteiger partial charge in [0.1, 0.15) is 0 Å². The summed E-state index contributed by atoms with van der Waals surface area (Å²) < 4.78 is 5.15. The highest BCUT2D eigenvalue weighted by Crippen LogP contribution is 2.43. The zero-order valence-electron chi connectivity index (χ0n) is 18.7. The highest BCUT2D eigenvalue weighted by molar-refractivity contribution is 6.31. The molecule has 0 spiro atoms. The standard InChI is InChI=1S/C25H24Cl2N2O5/c1-13-6-7-21(14(2)8-13)28-22(30)12-34-25(33)15-4-3-5-16(9-15)29-23(31)17-10-19(26)20(27)11-18(17)24(29)32/h3-9,17-20H,10-12H2,1-2H3,(H,28,30)/t17-,18-,19+,20+/m1/s1. The van der Waals surface area contributed by atoms with Gasteiger partial charge in [-0.2, -0.15) is 0 Å². The van der Waals surface area contributed by atoms with E-state index in [0.29, 0.717) is 18.5 Å². The van der Waals surface area contributed by atoms with Crippen LogP contribution in [0.1, 0.15) is 34.3 Å². The summed E-state index contributed by atoms with van der Waals surface area (Å²) >= 11 is 12.5. The Hall–Kier alpha value is -2.90. The van der Waals surface area contributed by atoms with Crippen molar-refractivity contribution in [1.29, 1.82) is 0 Å². The van der Waals surface area contributed by atoms with Gasteiger partial charge in [0.15, 0.2) is 6.61 Å². The Morgan fingerprint density at radius 3 is 2.26 bits per heavy atom. The monoisotopic (exact) mass is 502 g/mol. The lowest BCUT2D eigenvalue weighted by atomic mass is 9.80. The Bertz CT molecular complexity index is 1140. The number of imide groups is 1. The van der Waals surface area contributed by atoms with Gasteiger partial charge in [0, 0.05) is 5.69 Å². The van der Waals surface area contributed by atoms with Gasteiger partial charge in [-0.3, -0.25) is 19.3 Å². The number of nitrogens with zero attached hydrogens (tertiary/aromatic N) is 1. The summed E-state index contributed by atoms with van der Waals surface area (Å²) in [5.41, 5.74) is 3.00. The number of amides is 3. The Morgan fingerprint density at radius 1 is 1.00 bits per heavy atom. The molecule has 2 fully saturated rings. The van der Waals surface area contributed by atoms with E-state index in [1.54, 1.807) is 18.2 Å². The van der Waals surface area contributed by atoms with Crippen LogP contribution in [0.3, 0.4) is 0 Å². The lowest BCUT2D eigenvalue weighted by Gasteiger charge is -2.28. The fourth-order valence-electron chi connectivity index (χ4n) is 4.48. The molecule has 4 rings (SSSR count). The van der Waals surface area contributed by atoms with Gasteiger partial charge in [-0.05, 0) is 56.5 Å². The number of hydrogen-bond donors (Lipinski definition) is 1. The Kier molecular flexibility index (Phi) is 6.96. The first-order chi connectivity index (χ1) is 16.2. The first-order valence-electron chi connectivity index (χ1n) is 11.0. The van der Waals surface area contributed by atoms with Crippen LogP contribution in [-0.4, -0.2) is 41.1 Å². The molecule has 2 aromatic rings. The number of rotatable bonds is 5. The summed E-state index contributed by atoms with van der Waals surface area (Å²) in [6, 6.07) is 11.6. The quantitative estimate of drug-likeness (QED) is 0.375. The Balaban J connectivity index is 1.42. The summed E-state index contributed by atoms with van der Waals surface area (Å²) in [4.78, 5) is 51.8. The maximum absolute atomic E-state index is 13.0. The minimum Gasteiger partial charge on any atom is -0.452 e. The highest BCUT2D eigenvalue weighted by atomic mass is 35.5. The SMILES string of the molecule is Cc1ccc(NC(=O)COC(=O)c2cccc(N3C(=O)[C@@H]4C[C@H](Cl)[C@@H](Cl)C[C@H]4C3=O)c2)c(C)c1. The first kappa shape index (κ1) is 24.2. The molecule has 7 nitrogen and oxygen atoms in total. The van der Waals surface area contributed by atoms with E-state index >= 15 is 0 Å². The van der Waals surface area contributed by atoms with Crippen molar-refractivity contribution in [3.05, 3.63) is 59.2 Å². The molecule has 2 aromatic carbocycles. The van der Waals surface area contributed by atoms with Crippen molar-refractivity contribution in [1.82, 2.24) is 0 Å². The molecule has 2 aliphatic rings. The molecule has 1 aliphatic heterocycles. The van der Waals surface area contributed by atoms with Crippen LogP contribution in [0.15, 0.2) is 42.5 Å². The lowest BCUT2D eigenvalue weighted by molar-refractivity contribution is -0.122. The molecule has 9 heteroatoms. The molecule has 34 heavy (non-hydrogen) atoms. The number of halogens is 2. The third kappa shape index (κ3) is 4.81. The van der Waals surface area contributed by atoms with Crippen LogP contribution >= 0.6 is 23.2 Å². The molecule has 0 bridgehead atoms. The van der Waals surface area contributed by atoms with Gasteiger partial charge in [0.05, 0.1) is 33.8 Å². The van der Waals surface area contributed by atoms with E-state index in [1.165, 1.54) is 12.1 Å². The number of fused-ring (bicyclic) bond motifs is 1. The molecule has 0 aromatic heterocycles. The number of carbonyl (C=O) groups excluding carboxylic acids is 4. The second-order valence-electron chi connectivity index (χ2n) is 8.72. The van der Waals surface area contributed by atoms with Crippen LogP contribution in [0.4, 0.5) is 11.4 Å². The molecule has 1 saturated carbocycles. The maximum Gasteiger partial charge on any atom is 0.338 e. The van der Waals surface area contributed by atoms with Crippen LogP contribution in [-0.2, 0) is 19.1 Å². The zero-order valence-corrected chi connectivity index (χ0v) is 20.2. The molecular formula is C25H24Cl2N2O5. The average molecular weight is 503 g/mol. The topological polar surface area (TPSA) is 92.8 Å². The Labute approximate surface area is 207 Å². The predicted molar refractivity (Wildman–Crippen MR) is 129 cm³/mol. The van der Waals surface area contributed by atoms with Crippen molar-refractivity contribution in [3.8, 4) is 0 Å². The van der Waals surface area contributed by atoms with Crippen molar-refractivity contribution in [2.75, 3.05) is 16.8 Å². The zero-order chi connectivity index (χ0) is 24.6. The summed E-state index contributed by atoms with van der Waals surface area (Å²) in [6.45, 7) is 3.35. The van der Waals surface area contributed by atoms with Gasteiger partial charge in [-0.15, -0.1) is 23.2 Å². The average Bonchev–Trinajstić information content (AvgIpc) is 3.03. The second-order valence-corrected chi connectivity index (χ2v) is 9.84. The number of benzene rings is 2. The molecule has 1 heterocycles. The smallest absolute Gasteiger partial charge is 0.338 e. The number of hydrogen-bond acceptors (Lipinski definition) is 5.